The molecule has 76 valence electrons. The van der Waals surface area contributed by atoms with Gasteiger partial charge in [0.05, 0.1) is 11.9 Å². The van der Waals surface area contributed by atoms with Crippen LogP contribution < -0.4 is 75.1 Å². The van der Waals surface area contributed by atoms with Crippen LogP contribution in [0.3, 0.4) is 0 Å². The van der Waals surface area contributed by atoms with Crippen LogP contribution in [0.2, 0.25) is 0 Å². The Morgan fingerprint density at radius 3 is 1.73 bits per heavy atom. The van der Waals surface area contributed by atoms with Gasteiger partial charge in [-0.3, -0.25) is 4.90 Å². The summed E-state index contributed by atoms with van der Waals surface area (Å²) in [6, 6.07) is 0. The first-order chi connectivity index (χ1) is 6.06. The van der Waals surface area contributed by atoms with Crippen molar-refractivity contribution in [3.63, 3.8) is 0 Å². The molecule has 0 aliphatic heterocycles. The molecule has 0 aromatic rings. The Morgan fingerprint density at radius 1 is 1.07 bits per heavy atom. The molecule has 0 saturated carbocycles. The van der Waals surface area contributed by atoms with E-state index in [0.29, 0.717) is 19.5 Å². The Balaban J connectivity index is -0.000000720. The molecular formula is C7H12N2Na2O4. The van der Waals surface area contributed by atoms with Crippen molar-refractivity contribution in [2.24, 2.45) is 5.73 Å². The van der Waals surface area contributed by atoms with Gasteiger partial charge in [-0.25, -0.2) is 0 Å². The molecule has 0 rings (SSSR count). The minimum atomic E-state index is -1.31. The third-order valence-corrected chi connectivity index (χ3v) is 1.38. The fourth-order valence-electron chi connectivity index (χ4n) is 0.894. The average molecular weight is 234 g/mol. The molecule has 8 heteroatoms. The predicted molar refractivity (Wildman–Crippen MR) is 40.1 cm³/mol. The van der Waals surface area contributed by atoms with Gasteiger partial charge in [-0.05, 0) is 13.0 Å². The molecule has 15 heavy (non-hydrogen) atoms. The zero-order valence-electron chi connectivity index (χ0n) is 9.19. The van der Waals surface area contributed by atoms with Crippen LogP contribution in [0.4, 0.5) is 0 Å². The molecule has 2 N–H and O–H groups in total. The molecule has 0 aliphatic rings. The molecule has 6 nitrogen and oxygen atoms in total. The fraction of sp³-hybridized carbons (Fsp3) is 0.714. The van der Waals surface area contributed by atoms with E-state index in [1.807, 2.05) is 0 Å². The van der Waals surface area contributed by atoms with Gasteiger partial charge in [-0.1, -0.05) is 0 Å². The number of aliphatic carboxylic acids is 2. The van der Waals surface area contributed by atoms with Crippen molar-refractivity contribution in [2.75, 3.05) is 26.2 Å². The normalized spacial score (nSPS) is 8.93. The Hall–Kier alpha value is 0.860. The Bertz CT molecular complexity index is 176. The number of rotatable bonds is 7. The molecule has 0 spiro atoms. The second-order valence-corrected chi connectivity index (χ2v) is 2.60. The molecule has 0 fully saturated rings. The summed E-state index contributed by atoms with van der Waals surface area (Å²) < 4.78 is 0. The summed E-state index contributed by atoms with van der Waals surface area (Å²) >= 11 is 0. The summed E-state index contributed by atoms with van der Waals surface area (Å²) in [5, 5.41) is 20.3. The van der Waals surface area contributed by atoms with Crippen molar-refractivity contribution < 1.29 is 78.9 Å². The van der Waals surface area contributed by atoms with E-state index in [1.165, 1.54) is 4.90 Å². The van der Waals surface area contributed by atoms with Crippen LogP contribution in [0.5, 0.6) is 0 Å². The number of carboxylic acids is 2. The van der Waals surface area contributed by atoms with E-state index in [0.717, 1.165) is 0 Å². The molecule has 0 amide bonds. The summed E-state index contributed by atoms with van der Waals surface area (Å²) in [7, 11) is 0. The van der Waals surface area contributed by atoms with Crippen LogP contribution in [0.1, 0.15) is 6.42 Å². The zero-order valence-corrected chi connectivity index (χ0v) is 13.2. The van der Waals surface area contributed by atoms with Gasteiger partial charge in [0.2, 0.25) is 0 Å². The van der Waals surface area contributed by atoms with Gasteiger partial charge < -0.3 is 25.5 Å². The van der Waals surface area contributed by atoms with Crippen molar-refractivity contribution in [3.8, 4) is 0 Å². The summed E-state index contributed by atoms with van der Waals surface area (Å²) in [6.45, 7) is -0.114. The Labute approximate surface area is 133 Å². The SMILES string of the molecule is NCCCN(CC(=O)[O-])CC(=O)[O-].[Na+].[Na+]. The van der Waals surface area contributed by atoms with Crippen LogP contribution in [0, 0.1) is 0 Å². The molecule has 0 atom stereocenters. The second-order valence-electron chi connectivity index (χ2n) is 2.60. The number of carbonyl (C=O) groups excluding carboxylic acids is 2. The van der Waals surface area contributed by atoms with Crippen molar-refractivity contribution in [2.45, 2.75) is 6.42 Å². The van der Waals surface area contributed by atoms with Crippen LogP contribution in [-0.2, 0) is 9.59 Å². The molecule has 0 radical (unpaired) electrons. The number of hydrogen-bond donors (Lipinski definition) is 1. The maximum Gasteiger partial charge on any atom is 1.00 e. The van der Waals surface area contributed by atoms with Gasteiger partial charge in [0.25, 0.3) is 0 Å². The first-order valence-corrected chi connectivity index (χ1v) is 3.88. The summed E-state index contributed by atoms with van der Waals surface area (Å²) in [5.41, 5.74) is 5.19. The van der Waals surface area contributed by atoms with Gasteiger partial charge in [-0.15, -0.1) is 0 Å². The first kappa shape index (κ1) is 21.2. The standard InChI is InChI=1S/C7H14N2O4.2Na/c8-2-1-3-9(4-6(10)11)5-7(12)13;;/h1-5,8H2,(H,10,11)(H,12,13);;/q;2*+1/p-2. The number of nitrogens with two attached hydrogens (primary N) is 1. The first-order valence-electron chi connectivity index (χ1n) is 3.88. The van der Waals surface area contributed by atoms with Gasteiger partial charge >= 0.3 is 59.1 Å². The monoisotopic (exact) mass is 234 g/mol. The molecule has 0 aromatic carbocycles. The van der Waals surface area contributed by atoms with E-state index in [9.17, 15) is 19.8 Å². The van der Waals surface area contributed by atoms with E-state index in [4.69, 9.17) is 5.73 Å². The van der Waals surface area contributed by atoms with Crippen molar-refractivity contribution in [1.29, 1.82) is 0 Å². The Morgan fingerprint density at radius 2 is 1.47 bits per heavy atom. The number of hydrogen-bond acceptors (Lipinski definition) is 6. The van der Waals surface area contributed by atoms with Crippen LogP contribution in [0.15, 0.2) is 0 Å². The zero-order chi connectivity index (χ0) is 10.3. The van der Waals surface area contributed by atoms with Crippen molar-refractivity contribution >= 4 is 11.9 Å². The third-order valence-electron chi connectivity index (χ3n) is 1.38. The van der Waals surface area contributed by atoms with E-state index in [-0.39, 0.29) is 59.1 Å². The third kappa shape index (κ3) is 14.9. The number of carbonyl (C=O) groups is 2. The van der Waals surface area contributed by atoms with Gasteiger partial charge in [0, 0.05) is 19.6 Å². The Kier molecular flexibility index (Phi) is 18.3. The largest absolute Gasteiger partial charge is 1.00 e. The molecule has 0 heterocycles. The molecule has 0 bridgehead atoms. The molecule has 0 aliphatic carbocycles. The van der Waals surface area contributed by atoms with Gasteiger partial charge in [-0.2, -0.15) is 0 Å². The summed E-state index contributed by atoms with van der Waals surface area (Å²) in [4.78, 5) is 21.5. The molecule has 0 saturated heterocycles. The van der Waals surface area contributed by atoms with E-state index >= 15 is 0 Å². The topological polar surface area (TPSA) is 110 Å². The summed E-state index contributed by atoms with van der Waals surface area (Å²) in [5.74, 6) is -2.61. The smallest absolute Gasteiger partial charge is 0.549 e. The van der Waals surface area contributed by atoms with Crippen LogP contribution in [0.25, 0.3) is 0 Å². The van der Waals surface area contributed by atoms with Crippen molar-refractivity contribution in [3.05, 3.63) is 0 Å². The van der Waals surface area contributed by atoms with E-state index in [1.54, 1.807) is 0 Å². The molecule has 0 unspecified atom stereocenters. The van der Waals surface area contributed by atoms with E-state index < -0.39 is 25.0 Å². The maximum atomic E-state index is 10.2. The minimum Gasteiger partial charge on any atom is -0.549 e. The van der Waals surface area contributed by atoms with Crippen LogP contribution >= 0.6 is 0 Å². The van der Waals surface area contributed by atoms with Crippen LogP contribution in [-0.4, -0.2) is 43.0 Å². The molecular weight excluding hydrogens is 222 g/mol. The van der Waals surface area contributed by atoms with E-state index in [2.05, 4.69) is 0 Å². The van der Waals surface area contributed by atoms with Gasteiger partial charge in [0.1, 0.15) is 0 Å². The van der Waals surface area contributed by atoms with Gasteiger partial charge in [0.15, 0.2) is 0 Å². The number of carboxylic acid groups (broad SMARTS) is 2. The minimum absolute atomic E-state index is 0. The predicted octanol–water partition coefficient (Wildman–Crippen LogP) is -9.86. The maximum absolute atomic E-state index is 10.2. The number of nitrogens with zero attached hydrogens (tertiary/aromatic N) is 1. The van der Waals surface area contributed by atoms with Crippen molar-refractivity contribution in [1.82, 2.24) is 4.90 Å². The second kappa shape index (κ2) is 12.9. The molecule has 0 aromatic heterocycles. The average Bonchev–Trinajstić information content (AvgIpc) is 1.98. The quantitative estimate of drug-likeness (QED) is 0.438. The summed E-state index contributed by atoms with van der Waals surface area (Å²) in [6.07, 6.45) is 0.542. The fourth-order valence-corrected chi connectivity index (χ4v) is 0.894.